The molecule has 0 saturated heterocycles. The molecule has 0 bridgehead atoms. The number of fused-ring (bicyclic) bond motifs is 1. The normalized spacial score (nSPS) is 10.9. The van der Waals surface area contributed by atoms with Crippen LogP contribution in [-0.2, 0) is 11.3 Å². The summed E-state index contributed by atoms with van der Waals surface area (Å²) < 4.78 is 19.0. The molecule has 0 aliphatic rings. The SMILES string of the molecule is COCCOc1ncc(-c2ccc3c(O)n(-c4cnn(CC#N)c4)cc3n2)cc1OC. The second kappa shape index (κ2) is 8.73. The lowest BCUT2D eigenvalue weighted by atomic mass is 10.1. The van der Waals surface area contributed by atoms with Gasteiger partial charge in [-0.25, -0.2) is 9.97 Å². The van der Waals surface area contributed by atoms with Gasteiger partial charge in [-0.15, -0.1) is 0 Å². The summed E-state index contributed by atoms with van der Waals surface area (Å²) in [7, 11) is 3.15. The van der Waals surface area contributed by atoms with E-state index in [-0.39, 0.29) is 12.4 Å². The Hall–Kier alpha value is -4.10. The van der Waals surface area contributed by atoms with Crippen LogP contribution in [0.3, 0.4) is 0 Å². The van der Waals surface area contributed by atoms with E-state index in [9.17, 15) is 5.11 Å². The van der Waals surface area contributed by atoms with Gasteiger partial charge in [0.25, 0.3) is 5.88 Å². The molecule has 0 amide bonds. The third-order valence-electron chi connectivity index (χ3n) is 4.64. The molecular weight excluding hydrogens is 400 g/mol. The van der Waals surface area contributed by atoms with Crippen LogP contribution in [0.2, 0.25) is 0 Å². The minimum atomic E-state index is 0.0446. The lowest BCUT2D eigenvalue weighted by Crippen LogP contribution is -2.06. The number of ether oxygens (including phenoxy) is 3. The van der Waals surface area contributed by atoms with Crippen molar-refractivity contribution >= 4 is 10.9 Å². The first kappa shape index (κ1) is 20.2. The molecule has 10 nitrogen and oxygen atoms in total. The van der Waals surface area contributed by atoms with E-state index in [2.05, 4.69) is 15.1 Å². The van der Waals surface area contributed by atoms with Crippen molar-refractivity contribution in [1.82, 2.24) is 24.3 Å². The minimum absolute atomic E-state index is 0.0446. The summed E-state index contributed by atoms with van der Waals surface area (Å²) in [5.41, 5.74) is 2.64. The van der Waals surface area contributed by atoms with Gasteiger partial charge in [-0.3, -0.25) is 9.25 Å². The van der Waals surface area contributed by atoms with Crippen LogP contribution in [0.15, 0.2) is 43.0 Å². The topological polar surface area (TPSA) is 120 Å². The molecule has 0 atom stereocenters. The van der Waals surface area contributed by atoms with Crippen molar-refractivity contribution in [3.05, 3.63) is 43.0 Å². The van der Waals surface area contributed by atoms with Crippen LogP contribution in [0.5, 0.6) is 17.5 Å². The number of nitriles is 1. The predicted octanol–water partition coefficient (Wildman–Crippen LogP) is 2.55. The summed E-state index contributed by atoms with van der Waals surface area (Å²) in [6, 6.07) is 7.42. The van der Waals surface area contributed by atoms with Crippen molar-refractivity contribution < 1.29 is 19.3 Å². The van der Waals surface area contributed by atoms with Crippen molar-refractivity contribution in [1.29, 1.82) is 5.26 Å². The van der Waals surface area contributed by atoms with Crippen molar-refractivity contribution in [2.45, 2.75) is 6.54 Å². The quantitative estimate of drug-likeness (QED) is 0.432. The number of hydrogen-bond acceptors (Lipinski definition) is 8. The van der Waals surface area contributed by atoms with Crippen LogP contribution in [0.25, 0.3) is 27.8 Å². The van der Waals surface area contributed by atoms with Crippen molar-refractivity contribution in [3.8, 4) is 40.5 Å². The number of methoxy groups -OCH3 is 2. The number of aromatic hydroxyl groups is 1. The molecule has 31 heavy (non-hydrogen) atoms. The van der Waals surface area contributed by atoms with E-state index in [1.807, 2.05) is 6.07 Å². The van der Waals surface area contributed by atoms with Crippen LogP contribution < -0.4 is 9.47 Å². The fourth-order valence-electron chi connectivity index (χ4n) is 3.12. The molecule has 0 fully saturated rings. The summed E-state index contributed by atoms with van der Waals surface area (Å²) in [6.07, 6.45) is 6.63. The van der Waals surface area contributed by atoms with Gasteiger partial charge in [0.2, 0.25) is 5.88 Å². The maximum atomic E-state index is 10.6. The molecule has 1 N–H and O–H groups in total. The van der Waals surface area contributed by atoms with Crippen LogP contribution >= 0.6 is 0 Å². The highest BCUT2D eigenvalue weighted by molar-refractivity contribution is 5.87. The third-order valence-corrected chi connectivity index (χ3v) is 4.64. The largest absolute Gasteiger partial charge is 0.494 e. The second-order valence-corrected chi connectivity index (χ2v) is 6.58. The summed E-state index contributed by atoms with van der Waals surface area (Å²) in [4.78, 5) is 8.99. The van der Waals surface area contributed by atoms with Gasteiger partial charge in [-0.1, -0.05) is 0 Å². The van der Waals surface area contributed by atoms with Gasteiger partial charge in [0.1, 0.15) is 13.2 Å². The third kappa shape index (κ3) is 3.99. The highest BCUT2D eigenvalue weighted by Crippen LogP contribution is 2.33. The zero-order valence-electron chi connectivity index (χ0n) is 17.0. The van der Waals surface area contributed by atoms with E-state index in [1.54, 1.807) is 61.8 Å². The maximum absolute atomic E-state index is 10.6. The predicted molar refractivity (Wildman–Crippen MR) is 111 cm³/mol. The zero-order chi connectivity index (χ0) is 21.8. The molecule has 0 aromatic carbocycles. The summed E-state index contributed by atoms with van der Waals surface area (Å²) in [5.74, 6) is 0.909. The van der Waals surface area contributed by atoms with Crippen LogP contribution in [0.1, 0.15) is 0 Å². The van der Waals surface area contributed by atoms with Crippen LogP contribution in [-0.4, -0.2) is 56.9 Å². The lowest BCUT2D eigenvalue weighted by Gasteiger charge is -2.10. The Morgan fingerprint density at radius 2 is 2.03 bits per heavy atom. The van der Waals surface area contributed by atoms with Gasteiger partial charge in [-0.2, -0.15) is 10.4 Å². The van der Waals surface area contributed by atoms with E-state index >= 15 is 0 Å². The van der Waals surface area contributed by atoms with E-state index in [0.29, 0.717) is 47.1 Å². The number of rotatable bonds is 8. The molecular formula is C21H20N6O4. The number of nitrogens with zero attached hydrogens (tertiary/aromatic N) is 6. The Labute approximate surface area is 177 Å². The molecule has 0 aliphatic carbocycles. The van der Waals surface area contributed by atoms with E-state index in [1.165, 1.54) is 4.68 Å². The average Bonchev–Trinajstić information content (AvgIpc) is 3.38. The molecule has 4 aromatic rings. The molecule has 158 valence electrons. The van der Waals surface area contributed by atoms with Crippen LogP contribution in [0, 0.1) is 11.3 Å². The average molecular weight is 420 g/mol. The van der Waals surface area contributed by atoms with Gasteiger partial charge in [0.05, 0.1) is 54.5 Å². The van der Waals surface area contributed by atoms with Gasteiger partial charge in [0, 0.05) is 25.1 Å². The smallest absolute Gasteiger partial charge is 0.257 e. The van der Waals surface area contributed by atoms with Gasteiger partial charge >= 0.3 is 0 Å². The van der Waals surface area contributed by atoms with Gasteiger partial charge in [0.15, 0.2) is 5.75 Å². The Morgan fingerprint density at radius 3 is 2.81 bits per heavy atom. The van der Waals surface area contributed by atoms with Crippen molar-refractivity contribution in [2.24, 2.45) is 0 Å². The zero-order valence-corrected chi connectivity index (χ0v) is 17.0. The van der Waals surface area contributed by atoms with Crippen molar-refractivity contribution in [3.63, 3.8) is 0 Å². The standard InChI is InChI=1S/C21H20N6O4/c1-29-7-8-31-20-19(30-2)9-14(10-23-20)17-4-3-16-18(25-17)13-27(21(16)28)15-11-24-26(12-15)6-5-22/h3-4,9-13,28H,6-8H2,1-2H3. The summed E-state index contributed by atoms with van der Waals surface area (Å²) in [6.45, 7) is 0.936. The first-order chi connectivity index (χ1) is 15.1. The molecule has 0 unspecified atom stereocenters. The van der Waals surface area contributed by atoms with Crippen molar-refractivity contribution in [2.75, 3.05) is 27.4 Å². The second-order valence-electron chi connectivity index (χ2n) is 6.58. The highest BCUT2D eigenvalue weighted by Gasteiger charge is 2.15. The number of hydrogen-bond donors (Lipinski definition) is 1. The van der Waals surface area contributed by atoms with E-state index in [0.717, 1.165) is 5.56 Å². The maximum Gasteiger partial charge on any atom is 0.257 e. The summed E-state index contributed by atoms with van der Waals surface area (Å²) >= 11 is 0. The van der Waals surface area contributed by atoms with Crippen LogP contribution in [0.4, 0.5) is 0 Å². The Morgan fingerprint density at radius 1 is 1.16 bits per heavy atom. The van der Waals surface area contributed by atoms with Gasteiger partial charge < -0.3 is 19.3 Å². The van der Waals surface area contributed by atoms with E-state index < -0.39 is 0 Å². The fraction of sp³-hybridized carbons (Fsp3) is 0.238. The molecule has 4 rings (SSSR count). The fourth-order valence-corrected chi connectivity index (χ4v) is 3.12. The number of pyridine rings is 2. The first-order valence-electron chi connectivity index (χ1n) is 9.41. The molecule has 4 aromatic heterocycles. The Bertz CT molecular complexity index is 1260. The summed E-state index contributed by atoms with van der Waals surface area (Å²) in [5, 5.41) is 24.1. The lowest BCUT2D eigenvalue weighted by molar-refractivity contribution is 0.141. The Kier molecular flexibility index (Phi) is 5.68. The molecule has 0 aliphatic heterocycles. The molecule has 4 heterocycles. The Balaban J connectivity index is 1.67. The molecule has 0 spiro atoms. The monoisotopic (exact) mass is 420 g/mol. The molecule has 0 saturated carbocycles. The minimum Gasteiger partial charge on any atom is -0.494 e. The highest BCUT2D eigenvalue weighted by atomic mass is 16.5. The van der Waals surface area contributed by atoms with Gasteiger partial charge in [-0.05, 0) is 18.2 Å². The number of aromatic nitrogens is 5. The van der Waals surface area contributed by atoms with E-state index in [4.69, 9.17) is 19.5 Å². The molecule has 10 heteroatoms. The molecule has 0 radical (unpaired) electrons. The first-order valence-corrected chi connectivity index (χ1v) is 9.41.